The number of nitrogens with zero attached hydrogens (tertiary/aromatic N) is 3. The smallest absolute Gasteiger partial charge is 0.231 e. The Balaban J connectivity index is 1.73. The molecule has 3 aromatic heterocycles. The Kier molecular flexibility index (Phi) is 3.68. The largest absolute Gasteiger partial charge is 0.384 e. The Labute approximate surface area is 148 Å². The summed E-state index contributed by atoms with van der Waals surface area (Å²) in [6.07, 6.45) is 2.41. The van der Waals surface area contributed by atoms with Crippen molar-refractivity contribution < 1.29 is 9.18 Å². The first-order valence-electron chi connectivity index (χ1n) is 8.16. The molecule has 0 aromatic carbocycles. The number of aryl methyl sites for hydroxylation is 1. The van der Waals surface area contributed by atoms with E-state index in [-0.39, 0.29) is 12.3 Å². The molecule has 0 aliphatic heterocycles. The van der Waals surface area contributed by atoms with E-state index in [1.165, 1.54) is 0 Å². The first-order chi connectivity index (χ1) is 12.4. The fourth-order valence-corrected chi connectivity index (χ4v) is 2.88. The summed E-state index contributed by atoms with van der Waals surface area (Å²) in [6.45, 7) is 1.91. The van der Waals surface area contributed by atoms with Gasteiger partial charge in [0.15, 0.2) is 0 Å². The second kappa shape index (κ2) is 5.91. The molecule has 132 valence electrons. The maximum Gasteiger partial charge on any atom is 0.231 e. The van der Waals surface area contributed by atoms with Gasteiger partial charge in [-0.2, -0.15) is 0 Å². The molecule has 1 amide bonds. The second-order valence-corrected chi connectivity index (χ2v) is 6.45. The molecule has 3 aromatic rings. The normalized spacial score (nSPS) is 18.7. The van der Waals surface area contributed by atoms with E-state index in [4.69, 9.17) is 11.5 Å². The second-order valence-electron chi connectivity index (χ2n) is 6.45. The molecule has 3 heterocycles. The van der Waals surface area contributed by atoms with Crippen molar-refractivity contribution in [3.8, 4) is 11.3 Å². The van der Waals surface area contributed by atoms with Crippen LogP contribution in [0.2, 0.25) is 0 Å². The molecule has 0 bridgehead atoms. The first-order valence-corrected chi connectivity index (χ1v) is 8.16. The average Bonchev–Trinajstić information content (AvgIpc) is 3.31. The van der Waals surface area contributed by atoms with E-state index < -0.39 is 12.1 Å². The average molecular weight is 352 g/mol. The highest BCUT2D eigenvalue weighted by Gasteiger charge is 2.43. The third kappa shape index (κ3) is 2.90. The van der Waals surface area contributed by atoms with Gasteiger partial charge in [0.05, 0.1) is 11.6 Å². The number of fused-ring (bicyclic) bond motifs is 1. The molecule has 1 aliphatic carbocycles. The molecule has 2 atom stereocenters. The minimum atomic E-state index is -1.05. The molecule has 26 heavy (non-hydrogen) atoms. The number of hydrogen-bond donors (Lipinski definition) is 3. The van der Waals surface area contributed by atoms with Gasteiger partial charge in [0, 0.05) is 23.3 Å². The molecule has 0 radical (unpaired) electrons. The number of carbonyl (C=O) groups excluding carboxylic acids is 1. The lowest BCUT2D eigenvalue weighted by Crippen LogP contribution is -2.15. The van der Waals surface area contributed by atoms with Crippen LogP contribution in [0.5, 0.6) is 0 Å². The summed E-state index contributed by atoms with van der Waals surface area (Å²) in [5.74, 6) is 0.176. The number of carbonyl (C=O) groups is 1. The van der Waals surface area contributed by atoms with Crippen molar-refractivity contribution in [1.82, 2.24) is 15.0 Å². The number of anilines is 3. The van der Waals surface area contributed by atoms with Crippen LogP contribution in [0, 0.1) is 12.8 Å². The summed E-state index contributed by atoms with van der Waals surface area (Å²) >= 11 is 0. The number of pyridine rings is 3. The molecule has 1 aliphatic rings. The number of nitrogens with one attached hydrogen (secondary N) is 1. The fraction of sp³-hybridized carbons (Fsp3) is 0.222. The van der Waals surface area contributed by atoms with Crippen molar-refractivity contribution in [2.45, 2.75) is 19.5 Å². The van der Waals surface area contributed by atoms with Crippen LogP contribution < -0.4 is 16.8 Å². The number of alkyl halides is 1. The topological polar surface area (TPSA) is 120 Å². The number of nitrogens with two attached hydrogens (primary N) is 2. The molecule has 0 saturated heterocycles. The van der Waals surface area contributed by atoms with Crippen molar-refractivity contribution in [1.29, 1.82) is 0 Å². The quantitative estimate of drug-likeness (QED) is 0.666. The molecule has 4 rings (SSSR count). The Morgan fingerprint density at radius 1 is 1.23 bits per heavy atom. The van der Waals surface area contributed by atoms with Crippen LogP contribution >= 0.6 is 0 Å². The van der Waals surface area contributed by atoms with Gasteiger partial charge in [-0.05, 0) is 42.5 Å². The van der Waals surface area contributed by atoms with Gasteiger partial charge in [-0.1, -0.05) is 0 Å². The lowest BCUT2D eigenvalue weighted by atomic mass is 10.1. The number of amides is 1. The summed E-state index contributed by atoms with van der Waals surface area (Å²) in [4.78, 5) is 24.6. The highest BCUT2D eigenvalue weighted by atomic mass is 19.1. The van der Waals surface area contributed by atoms with Crippen LogP contribution in [0.15, 0.2) is 30.6 Å². The number of rotatable bonds is 3. The van der Waals surface area contributed by atoms with Crippen molar-refractivity contribution in [3.63, 3.8) is 0 Å². The van der Waals surface area contributed by atoms with E-state index in [0.29, 0.717) is 28.5 Å². The standard InChI is InChI=1S/C18H17FN6O/c1-8-2-15(20)22-6-11(8)14-3-9-4-16(23-7-12(9)17(21)24-14)25-18(26)10-5-13(10)19/h2-4,6-7,10,13H,5H2,1H3,(H2,20,22)(H2,21,24)(H,23,25,26)/t10-,13+/m0/s1. The van der Waals surface area contributed by atoms with Gasteiger partial charge >= 0.3 is 0 Å². The summed E-state index contributed by atoms with van der Waals surface area (Å²) in [6, 6.07) is 5.31. The molecule has 1 saturated carbocycles. The van der Waals surface area contributed by atoms with E-state index in [1.54, 1.807) is 24.5 Å². The van der Waals surface area contributed by atoms with Crippen LogP contribution in [0.25, 0.3) is 22.0 Å². The molecule has 0 unspecified atom stereocenters. The van der Waals surface area contributed by atoms with E-state index in [2.05, 4.69) is 20.3 Å². The van der Waals surface area contributed by atoms with Crippen molar-refractivity contribution in [3.05, 3.63) is 36.2 Å². The molecular weight excluding hydrogens is 335 g/mol. The maximum absolute atomic E-state index is 13.0. The molecule has 5 N–H and O–H groups in total. The molecule has 1 fully saturated rings. The highest BCUT2D eigenvalue weighted by molar-refractivity contribution is 5.98. The van der Waals surface area contributed by atoms with Crippen molar-refractivity contribution in [2.75, 3.05) is 16.8 Å². The Morgan fingerprint density at radius 3 is 2.69 bits per heavy atom. The van der Waals surface area contributed by atoms with E-state index in [0.717, 1.165) is 16.5 Å². The monoisotopic (exact) mass is 352 g/mol. The Bertz CT molecular complexity index is 1040. The Morgan fingerprint density at radius 2 is 2.00 bits per heavy atom. The zero-order chi connectivity index (χ0) is 18.4. The van der Waals surface area contributed by atoms with Gasteiger partial charge in [0.1, 0.15) is 23.6 Å². The first kappa shape index (κ1) is 16.2. The van der Waals surface area contributed by atoms with Gasteiger partial charge in [0.25, 0.3) is 0 Å². The van der Waals surface area contributed by atoms with Crippen molar-refractivity contribution >= 4 is 34.1 Å². The summed E-state index contributed by atoms with van der Waals surface area (Å²) in [5.41, 5.74) is 14.2. The lowest BCUT2D eigenvalue weighted by Gasteiger charge is -2.10. The van der Waals surface area contributed by atoms with Crippen LogP contribution in [0.3, 0.4) is 0 Å². The predicted molar refractivity (Wildman–Crippen MR) is 98.0 cm³/mol. The van der Waals surface area contributed by atoms with Gasteiger partial charge in [-0.15, -0.1) is 0 Å². The molecule has 0 spiro atoms. The van der Waals surface area contributed by atoms with Crippen LogP contribution in [-0.4, -0.2) is 27.0 Å². The van der Waals surface area contributed by atoms with E-state index in [1.807, 2.05) is 13.0 Å². The Hall–Kier alpha value is -3.29. The van der Waals surface area contributed by atoms with Gasteiger partial charge in [-0.25, -0.2) is 19.3 Å². The van der Waals surface area contributed by atoms with E-state index in [9.17, 15) is 9.18 Å². The number of hydrogen-bond acceptors (Lipinski definition) is 6. The molecule has 8 heteroatoms. The summed E-state index contributed by atoms with van der Waals surface area (Å²) < 4.78 is 13.0. The van der Waals surface area contributed by atoms with Crippen LogP contribution in [0.4, 0.5) is 21.8 Å². The van der Waals surface area contributed by atoms with Gasteiger partial charge < -0.3 is 16.8 Å². The highest BCUT2D eigenvalue weighted by Crippen LogP contribution is 2.35. The fourth-order valence-electron chi connectivity index (χ4n) is 2.88. The third-order valence-electron chi connectivity index (χ3n) is 4.45. The van der Waals surface area contributed by atoms with Crippen LogP contribution in [-0.2, 0) is 4.79 Å². The summed E-state index contributed by atoms with van der Waals surface area (Å²) in [5, 5.41) is 4.08. The lowest BCUT2D eigenvalue weighted by molar-refractivity contribution is -0.117. The number of nitrogen functional groups attached to an aromatic ring is 2. The van der Waals surface area contributed by atoms with Gasteiger partial charge in [-0.3, -0.25) is 4.79 Å². The van der Waals surface area contributed by atoms with Crippen molar-refractivity contribution in [2.24, 2.45) is 5.92 Å². The minimum Gasteiger partial charge on any atom is -0.384 e. The molecular formula is C18H17FN6O. The SMILES string of the molecule is Cc1cc(N)ncc1-c1cc2cc(NC(=O)[C@H]3C[C@H]3F)ncc2c(N)n1. The molecule has 7 nitrogen and oxygen atoms in total. The van der Waals surface area contributed by atoms with Crippen LogP contribution in [0.1, 0.15) is 12.0 Å². The number of halogens is 1. The van der Waals surface area contributed by atoms with E-state index >= 15 is 0 Å². The van der Waals surface area contributed by atoms with Gasteiger partial charge in [0.2, 0.25) is 5.91 Å². The zero-order valence-corrected chi connectivity index (χ0v) is 14.0. The zero-order valence-electron chi connectivity index (χ0n) is 14.0. The third-order valence-corrected chi connectivity index (χ3v) is 4.45. The minimum absolute atomic E-state index is 0.268. The predicted octanol–water partition coefficient (Wildman–Crippen LogP) is 2.46. The summed E-state index contributed by atoms with van der Waals surface area (Å²) in [7, 11) is 0. The maximum atomic E-state index is 13.0. The number of aromatic nitrogens is 3.